The van der Waals surface area contributed by atoms with Crippen LogP contribution in [0.1, 0.15) is 33.9 Å². The molecule has 3 aromatic rings. The van der Waals surface area contributed by atoms with Crippen molar-refractivity contribution in [2.75, 3.05) is 18.1 Å². The van der Waals surface area contributed by atoms with E-state index in [0.717, 1.165) is 21.8 Å². The Hall–Kier alpha value is -2.42. The fraction of sp³-hybridized carbons (Fsp3) is 0.250. The molecular formula is C24H21Cl2NO5S. The van der Waals surface area contributed by atoms with Gasteiger partial charge in [-0.2, -0.15) is 0 Å². The third kappa shape index (κ3) is 5.08. The maximum atomic E-state index is 13.8. The summed E-state index contributed by atoms with van der Waals surface area (Å²) in [7, 11) is 0. The van der Waals surface area contributed by atoms with E-state index in [1.807, 2.05) is 30.3 Å². The normalized spacial score (nSPS) is 15.9. The van der Waals surface area contributed by atoms with Crippen LogP contribution in [0, 0.1) is 0 Å². The Morgan fingerprint density at radius 3 is 2.33 bits per heavy atom. The van der Waals surface area contributed by atoms with Crippen LogP contribution in [0.4, 0.5) is 5.69 Å². The van der Waals surface area contributed by atoms with Gasteiger partial charge in [0.25, 0.3) is 5.91 Å². The molecule has 4 rings (SSSR count). The second kappa shape index (κ2) is 9.44. The molecule has 6 nitrogen and oxygen atoms in total. The quantitative estimate of drug-likeness (QED) is 0.445. The van der Waals surface area contributed by atoms with Crippen LogP contribution < -0.4 is 4.90 Å². The molecule has 1 aliphatic heterocycles. The lowest BCUT2D eigenvalue weighted by atomic mass is 10.1. The summed E-state index contributed by atoms with van der Waals surface area (Å²) in [4.78, 5) is 28.1. The number of ether oxygens (including phenoxy) is 2. The molecule has 2 heterocycles. The smallest absolute Gasteiger partial charge is 0.348 e. The summed E-state index contributed by atoms with van der Waals surface area (Å²) in [6.45, 7) is 3.90. The first-order chi connectivity index (χ1) is 15.7. The molecule has 1 amide bonds. The van der Waals surface area contributed by atoms with Crippen LogP contribution in [0.25, 0.3) is 10.4 Å². The number of hydrogen-bond donors (Lipinski definition) is 1. The Kier molecular flexibility index (Phi) is 6.79. The van der Waals surface area contributed by atoms with Crippen molar-refractivity contribution in [3.8, 4) is 10.4 Å². The van der Waals surface area contributed by atoms with Crippen molar-refractivity contribution in [1.82, 2.24) is 0 Å². The van der Waals surface area contributed by atoms with Crippen molar-refractivity contribution in [2.45, 2.75) is 25.7 Å². The number of carbonyl (C=O) groups is 2. The van der Waals surface area contributed by atoms with E-state index in [2.05, 4.69) is 0 Å². The lowest BCUT2D eigenvalue weighted by molar-refractivity contribution is -0.249. The number of thiophene rings is 1. The molecule has 0 bridgehead atoms. The maximum Gasteiger partial charge on any atom is 0.348 e. The zero-order valence-electron chi connectivity index (χ0n) is 17.9. The minimum atomic E-state index is -1.13. The van der Waals surface area contributed by atoms with Crippen LogP contribution in [0.5, 0.6) is 0 Å². The summed E-state index contributed by atoms with van der Waals surface area (Å²) in [5, 5.41) is 10.5. The molecule has 0 unspecified atom stereocenters. The average molecular weight is 506 g/mol. The van der Waals surface area contributed by atoms with Gasteiger partial charge in [-0.25, -0.2) is 4.79 Å². The zero-order valence-corrected chi connectivity index (χ0v) is 20.2. The highest BCUT2D eigenvalue weighted by atomic mass is 35.5. The Labute approximate surface area is 205 Å². The average Bonchev–Trinajstić information content (AvgIpc) is 3.21. The third-order valence-corrected chi connectivity index (χ3v) is 6.93. The number of halogens is 2. The molecule has 9 heteroatoms. The van der Waals surface area contributed by atoms with Gasteiger partial charge in [-0.3, -0.25) is 9.69 Å². The van der Waals surface area contributed by atoms with Crippen LogP contribution in [0.3, 0.4) is 0 Å². The molecule has 0 spiro atoms. The summed E-state index contributed by atoms with van der Waals surface area (Å²) in [5.41, 5.74) is 1.32. The van der Waals surface area contributed by atoms with E-state index in [1.54, 1.807) is 26.0 Å². The SMILES string of the molecule is CC1(C)OCC(N(C(=O)c2ccc(Cl)cc2Cl)c2cc(-c3ccccc3)sc2C(=O)O)CO1. The summed E-state index contributed by atoms with van der Waals surface area (Å²) in [6, 6.07) is 15.1. The fourth-order valence-corrected chi connectivity index (χ4v) is 5.04. The standard InChI is InChI=1S/C24H21Cl2NO5S/c1-24(2)31-12-16(13-32-24)27(22(28)17-9-8-15(25)10-18(17)26)19-11-20(33-21(19)23(29)30)14-6-4-3-5-7-14/h3-11,16H,12-13H2,1-2H3,(H,29,30). The van der Waals surface area contributed by atoms with Crippen molar-refractivity contribution in [3.63, 3.8) is 0 Å². The molecule has 0 saturated carbocycles. The van der Waals surface area contributed by atoms with Gasteiger partial charge >= 0.3 is 5.97 Å². The molecule has 0 atom stereocenters. The van der Waals surface area contributed by atoms with Gasteiger partial charge in [0.05, 0.1) is 35.5 Å². The van der Waals surface area contributed by atoms with Crippen molar-refractivity contribution in [2.24, 2.45) is 0 Å². The predicted molar refractivity (Wildman–Crippen MR) is 130 cm³/mol. The number of carboxylic acid groups (broad SMARTS) is 1. The first kappa shape index (κ1) is 23.7. The van der Waals surface area contributed by atoms with Gasteiger partial charge in [-0.1, -0.05) is 53.5 Å². The number of rotatable bonds is 5. The van der Waals surface area contributed by atoms with Gasteiger partial charge in [0, 0.05) is 9.90 Å². The Morgan fingerprint density at radius 1 is 1.06 bits per heavy atom. The van der Waals surface area contributed by atoms with E-state index in [1.165, 1.54) is 17.0 Å². The Morgan fingerprint density at radius 2 is 1.73 bits per heavy atom. The van der Waals surface area contributed by atoms with E-state index in [-0.39, 0.29) is 34.4 Å². The van der Waals surface area contributed by atoms with Crippen LogP contribution >= 0.6 is 34.5 Å². The lowest BCUT2D eigenvalue weighted by Crippen LogP contribution is -2.53. The molecule has 1 saturated heterocycles. The number of nitrogens with zero attached hydrogens (tertiary/aromatic N) is 1. The fourth-order valence-electron chi connectivity index (χ4n) is 3.56. The maximum absolute atomic E-state index is 13.8. The summed E-state index contributed by atoms with van der Waals surface area (Å²) < 4.78 is 11.6. The summed E-state index contributed by atoms with van der Waals surface area (Å²) in [6.07, 6.45) is 0. The minimum Gasteiger partial charge on any atom is -0.477 e. The van der Waals surface area contributed by atoms with Crippen LogP contribution in [0.15, 0.2) is 54.6 Å². The number of hydrogen-bond acceptors (Lipinski definition) is 5. The van der Waals surface area contributed by atoms with Crippen molar-refractivity contribution in [3.05, 3.63) is 75.1 Å². The number of carboxylic acids is 1. The first-order valence-corrected chi connectivity index (χ1v) is 11.7. The van der Waals surface area contributed by atoms with E-state index < -0.39 is 23.7 Å². The number of aromatic carboxylic acids is 1. The number of amides is 1. The number of carbonyl (C=O) groups excluding carboxylic acids is 1. The summed E-state index contributed by atoms with van der Waals surface area (Å²) in [5.74, 6) is -2.40. The molecular weight excluding hydrogens is 485 g/mol. The number of anilines is 1. The van der Waals surface area contributed by atoms with Gasteiger partial charge in [-0.05, 0) is 43.7 Å². The molecule has 0 aliphatic carbocycles. The first-order valence-electron chi connectivity index (χ1n) is 10.2. The van der Waals surface area contributed by atoms with Crippen molar-refractivity contribution in [1.29, 1.82) is 0 Å². The highest BCUT2D eigenvalue weighted by Crippen LogP contribution is 2.39. The van der Waals surface area contributed by atoms with Crippen molar-refractivity contribution < 1.29 is 24.2 Å². The molecule has 1 aliphatic rings. The van der Waals surface area contributed by atoms with E-state index in [4.69, 9.17) is 32.7 Å². The minimum absolute atomic E-state index is 0.0390. The topological polar surface area (TPSA) is 76.1 Å². The molecule has 1 aromatic heterocycles. The molecule has 0 radical (unpaired) electrons. The predicted octanol–water partition coefficient (Wildman–Crippen LogP) is 6.22. The van der Waals surface area contributed by atoms with Crippen LogP contribution in [-0.2, 0) is 9.47 Å². The highest BCUT2D eigenvalue weighted by molar-refractivity contribution is 7.18. The van der Waals surface area contributed by atoms with Gasteiger partial charge in [0.2, 0.25) is 0 Å². The summed E-state index contributed by atoms with van der Waals surface area (Å²) >= 11 is 13.4. The molecule has 33 heavy (non-hydrogen) atoms. The highest BCUT2D eigenvalue weighted by Gasteiger charge is 2.38. The Balaban J connectivity index is 1.83. The molecule has 1 N–H and O–H groups in total. The van der Waals surface area contributed by atoms with Gasteiger partial charge in [0.1, 0.15) is 4.88 Å². The molecule has 1 fully saturated rings. The third-order valence-electron chi connectivity index (χ3n) is 5.22. The van der Waals surface area contributed by atoms with Gasteiger partial charge < -0.3 is 14.6 Å². The lowest BCUT2D eigenvalue weighted by Gasteiger charge is -2.40. The number of benzene rings is 2. The van der Waals surface area contributed by atoms with Crippen LogP contribution in [-0.4, -0.2) is 42.0 Å². The monoisotopic (exact) mass is 505 g/mol. The molecule has 172 valence electrons. The van der Waals surface area contributed by atoms with E-state index in [0.29, 0.717) is 5.02 Å². The Bertz CT molecular complexity index is 1180. The van der Waals surface area contributed by atoms with Crippen LogP contribution in [0.2, 0.25) is 10.0 Å². The van der Waals surface area contributed by atoms with Gasteiger partial charge in [0.15, 0.2) is 5.79 Å². The largest absolute Gasteiger partial charge is 0.477 e. The van der Waals surface area contributed by atoms with E-state index >= 15 is 0 Å². The van der Waals surface area contributed by atoms with E-state index in [9.17, 15) is 14.7 Å². The van der Waals surface area contributed by atoms with Crippen molar-refractivity contribution >= 4 is 52.1 Å². The van der Waals surface area contributed by atoms with Gasteiger partial charge in [-0.15, -0.1) is 11.3 Å². The zero-order chi connectivity index (χ0) is 23.8. The molecule has 2 aromatic carbocycles. The second-order valence-corrected chi connectivity index (χ2v) is 9.87. The second-order valence-electron chi connectivity index (χ2n) is 7.97.